The van der Waals surface area contributed by atoms with E-state index in [-0.39, 0.29) is 31.4 Å². The summed E-state index contributed by atoms with van der Waals surface area (Å²) in [6.45, 7) is 5.39. The minimum absolute atomic E-state index is 0.113. The molecule has 1 heterocycles. The SMILES string of the molecule is CCCCCCCC/C=C/CCCCCCCCCCCCCC(=O)N[C@@H](CO[C@H]1OC(CNC(C)=O)[C@H](O)[C@H](O)C1O)[C@H](O)[C@H](O)CCCCCCCCCCCCCC. The molecule has 7 N–H and O–H groups in total. The summed E-state index contributed by atoms with van der Waals surface area (Å²) < 4.78 is 11.5. The summed E-state index contributed by atoms with van der Waals surface area (Å²) in [5.74, 6) is -0.613. The van der Waals surface area contributed by atoms with E-state index >= 15 is 0 Å². The summed E-state index contributed by atoms with van der Waals surface area (Å²) in [5, 5.41) is 59.1. The maximum atomic E-state index is 13.1. The van der Waals surface area contributed by atoms with Crippen molar-refractivity contribution in [3.05, 3.63) is 12.2 Å². The highest BCUT2D eigenvalue weighted by Crippen LogP contribution is 2.23. The lowest BCUT2D eigenvalue weighted by molar-refractivity contribution is -0.297. The number of amides is 2. The van der Waals surface area contributed by atoms with Crippen LogP contribution >= 0.6 is 0 Å². The first-order valence-electron chi connectivity index (χ1n) is 25.5. The Morgan fingerprint density at radius 1 is 0.590 bits per heavy atom. The van der Waals surface area contributed by atoms with E-state index in [0.29, 0.717) is 12.8 Å². The summed E-state index contributed by atoms with van der Waals surface area (Å²) in [4.78, 5) is 24.6. The molecular formula is C50H96N2O9. The predicted octanol–water partition coefficient (Wildman–Crippen LogP) is 9.62. The van der Waals surface area contributed by atoms with Gasteiger partial charge in [-0.05, 0) is 38.5 Å². The van der Waals surface area contributed by atoms with Crippen molar-refractivity contribution in [2.24, 2.45) is 0 Å². The average molecular weight is 869 g/mol. The fourth-order valence-electron chi connectivity index (χ4n) is 8.22. The molecule has 2 amide bonds. The van der Waals surface area contributed by atoms with Crippen LogP contribution in [0.15, 0.2) is 12.2 Å². The van der Waals surface area contributed by atoms with Crippen LogP contribution in [0, 0.1) is 0 Å². The molecule has 0 saturated carbocycles. The largest absolute Gasteiger partial charge is 0.390 e. The lowest BCUT2D eigenvalue weighted by Crippen LogP contribution is -2.61. The summed E-state index contributed by atoms with van der Waals surface area (Å²) >= 11 is 0. The molecule has 1 saturated heterocycles. The number of nitrogens with one attached hydrogen (secondary N) is 2. The van der Waals surface area contributed by atoms with Crippen LogP contribution in [-0.4, -0.2) is 99.5 Å². The number of ether oxygens (including phenoxy) is 2. The van der Waals surface area contributed by atoms with E-state index in [2.05, 4.69) is 36.6 Å². The van der Waals surface area contributed by atoms with Gasteiger partial charge in [0.05, 0.1) is 18.8 Å². The Morgan fingerprint density at radius 2 is 1.02 bits per heavy atom. The number of hydrogen-bond acceptors (Lipinski definition) is 9. The third-order valence-electron chi connectivity index (χ3n) is 12.3. The Labute approximate surface area is 373 Å². The molecule has 0 aromatic carbocycles. The maximum Gasteiger partial charge on any atom is 0.220 e. The highest BCUT2D eigenvalue weighted by atomic mass is 16.7. The second-order valence-electron chi connectivity index (χ2n) is 18.2. The highest BCUT2D eigenvalue weighted by Gasteiger charge is 2.45. The average Bonchev–Trinajstić information content (AvgIpc) is 3.24. The van der Waals surface area contributed by atoms with Crippen molar-refractivity contribution in [1.29, 1.82) is 0 Å². The number of aliphatic hydroxyl groups excluding tert-OH is 5. The van der Waals surface area contributed by atoms with Crippen molar-refractivity contribution in [2.45, 2.75) is 282 Å². The normalized spacial score (nSPS) is 20.8. The minimum Gasteiger partial charge on any atom is -0.390 e. The van der Waals surface area contributed by atoms with Crippen molar-refractivity contribution in [3.63, 3.8) is 0 Å². The third-order valence-corrected chi connectivity index (χ3v) is 12.3. The quantitative estimate of drug-likeness (QED) is 0.0233. The van der Waals surface area contributed by atoms with Crippen molar-refractivity contribution >= 4 is 11.8 Å². The molecule has 1 aliphatic heterocycles. The van der Waals surface area contributed by atoms with Gasteiger partial charge in [-0.3, -0.25) is 9.59 Å². The molecule has 1 fully saturated rings. The van der Waals surface area contributed by atoms with Crippen LogP contribution in [-0.2, 0) is 19.1 Å². The number of carbonyl (C=O) groups excluding carboxylic acids is 2. The molecule has 0 aromatic heterocycles. The number of aliphatic hydroxyl groups is 5. The zero-order valence-electron chi connectivity index (χ0n) is 39.4. The van der Waals surface area contributed by atoms with Crippen LogP contribution in [0.25, 0.3) is 0 Å². The van der Waals surface area contributed by atoms with Crippen LogP contribution in [0.2, 0.25) is 0 Å². The fraction of sp³-hybridized carbons (Fsp3) is 0.920. The number of rotatable bonds is 42. The van der Waals surface area contributed by atoms with Gasteiger partial charge in [-0.15, -0.1) is 0 Å². The van der Waals surface area contributed by atoms with E-state index in [1.807, 2.05) is 0 Å². The summed E-state index contributed by atoms with van der Waals surface area (Å²) in [5.41, 5.74) is 0. The van der Waals surface area contributed by atoms with Gasteiger partial charge in [0.1, 0.15) is 30.5 Å². The van der Waals surface area contributed by atoms with Gasteiger partial charge in [-0.25, -0.2) is 0 Å². The third kappa shape index (κ3) is 31.0. The van der Waals surface area contributed by atoms with E-state index in [9.17, 15) is 35.1 Å². The van der Waals surface area contributed by atoms with Crippen molar-refractivity contribution < 1.29 is 44.6 Å². The van der Waals surface area contributed by atoms with Gasteiger partial charge in [0.15, 0.2) is 6.29 Å². The molecule has 1 aliphatic rings. The van der Waals surface area contributed by atoms with Gasteiger partial charge in [0.25, 0.3) is 0 Å². The van der Waals surface area contributed by atoms with Crippen LogP contribution in [0.4, 0.5) is 0 Å². The first-order valence-corrected chi connectivity index (χ1v) is 25.5. The number of carbonyl (C=O) groups is 2. The van der Waals surface area contributed by atoms with Gasteiger partial charge in [0, 0.05) is 19.9 Å². The van der Waals surface area contributed by atoms with E-state index in [4.69, 9.17) is 9.47 Å². The molecule has 0 spiro atoms. The molecule has 0 bridgehead atoms. The predicted molar refractivity (Wildman–Crippen MR) is 248 cm³/mol. The standard InChI is InChI=1S/C50H96N2O9/c1-4-6-8-10-12-14-16-18-19-20-21-22-23-24-25-26-28-30-32-34-36-38-45(55)52-42(40-60-50-49(59)48(58)47(57)44(61-50)39-51-41(3)53)46(56)43(54)37-35-33-31-29-27-17-15-13-11-9-7-5-2/h18-19,42-44,46-50,54,56-59H,4-17,20-40H2,1-3H3,(H,51,53)(H,52,55)/b19-18+/t42-,43+,44?,46-,47-,48-,49?,50-/m0/s1. The monoisotopic (exact) mass is 869 g/mol. The molecule has 360 valence electrons. The van der Waals surface area contributed by atoms with Crippen molar-refractivity contribution in [2.75, 3.05) is 13.2 Å². The molecule has 2 unspecified atom stereocenters. The lowest BCUT2D eigenvalue weighted by Gasteiger charge is -2.41. The fourth-order valence-corrected chi connectivity index (χ4v) is 8.22. The van der Waals surface area contributed by atoms with Gasteiger partial charge in [0.2, 0.25) is 11.8 Å². The Hall–Kier alpha value is -1.60. The molecule has 1 rings (SSSR count). The van der Waals surface area contributed by atoms with Gasteiger partial charge < -0.3 is 45.6 Å². The maximum absolute atomic E-state index is 13.1. The Morgan fingerprint density at radius 3 is 1.48 bits per heavy atom. The van der Waals surface area contributed by atoms with Crippen molar-refractivity contribution in [1.82, 2.24) is 10.6 Å². The number of allylic oxidation sites excluding steroid dienone is 2. The second-order valence-corrected chi connectivity index (χ2v) is 18.2. The first-order chi connectivity index (χ1) is 29.6. The van der Waals surface area contributed by atoms with Crippen molar-refractivity contribution in [3.8, 4) is 0 Å². The van der Waals surface area contributed by atoms with Crippen LogP contribution < -0.4 is 10.6 Å². The highest BCUT2D eigenvalue weighted by molar-refractivity contribution is 5.76. The Bertz CT molecular complexity index is 1050. The van der Waals surface area contributed by atoms with E-state index in [1.54, 1.807) is 0 Å². The van der Waals surface area contributed by atoms with Crippen LogP contribution in [0.3, 0.4) is 0 Å². The molecule has 61 heavy (non-hydrogen) atoms. The van der Waals surface area contributed by atoms with Crippen LogP contribution in [0.1, 0.15) is 233 Å². The van der Waals surface area contributed by atoms with E-state index < -0.39 is 49.0 Å². The topological polar surface area (TPSA) is 178 Å². The van der Waals surface area contributed by atoms with Gasteiger partial charge in [-0.1, -0.05) is 193 Å². The zero-order chi connectivity index (χ0) is 44.8. The number of unbranched alkanes of at least 4 members (excludes halogenated alkanes) is 28. The molecule has 0 aromatic rings. The molecule has 8 atom stereocenters. The Balaban J connectivity index is 2.41. The van der Waals surface area contributed by atoms with Gasteiger partial charge in [-0.2, -0.15) is 0 Å². The van der Waals surface area contributed by atoms with Gasteiger partial charge >= 0.3 is 0 Å². The number of hydrogen-bond donors (Lipinski definition) is 7. The molecule has 11 heteroatoms. The molecule has 0 radical (unpaired) electrons. The lowest BCUT2D eigenvalue weighted by atomic mass is 9.98. The summed E-state index contributed by atoms with van der Waals surface area (Å²) in [7, 11) is 0. The first kappa shape index (κ1) is 57.4. The zero-order valence-corrected chi connectivity index (χ0v) is 39.4. The minimum atomic E-state index is -1.61. The second kappa shape index (κ2) is 40.0. The molecular weight excluding hydrogens is 773 g/mol. The Kier molecular flexibility index (Phi) is 37.6. The smallest absolute Gasteiger partial charge is 0.220 e. The van der Waals surface area contributed by atoms with E-state index in [1.165, 1.54) is 155 Å². The summed E-state index contributed by atoms with van der Waals surface area (Å²) in [6, 6.07) is -1.00. The molecule has 0 aliphatic carbocycles. The van der Waals surface area contributed by atoms with Crippen LogP contribution in [0.5, 0.6) is 0 Å². The summed E-state index contributed by atoms with van der Waals surface area (Å²) in [6.07, 6.45) is 33.6. The molecule has 11 nitrogen and oxygen atoms in total. The van der Waals surface area contributed by atoms with E-state index in [0.717, 1.165) is 44.9 Å².